The van der Waals surface area contributed by atoms with Gasteiger partial charge in [0.15, 0.2) is 0 Å². The van der Waals surface area contributed by atoms with E-state index >= 15 is 0 Å². The summed E-state index contributed by atoms with van der Waals surface area (Å²) < 4.78 is 16.4. The summed E-state index contributed by atoms with van der Waals surface area (Å²) in [5.41, 5.74) is 0.328. The van der Waals surface area contributed by atoms with Crippen molar-refractivity contribution >= 4 is 29.8 Å². The molecule has 208 valence electrons. The summed E-state index contributed by atoms with van der Waals surface area (Å²) in [5.74, 6) is -4.05. The van der Waals surface area contributed by atoms with Crippen LogP contribution in [0.25, 0.3) is 0 Å². The summed E-state index contributed by atoms with van der Waals surface area (Å²) in [4.78, 5) is 58.6. The Labute approximate surface area is 250 Å². The Balaban J connectivity index is 0.00000533. The Kier molecular flexibility index (Phi) is 11.6. The third-order valence-electron chi connectivity index (χ3n) is 8.30. The average molecular weight is 556 g/mol. The number of ether oxygens (including phenoxy) is 3. The predicted octanol–water partition coefficient (Wildman–Crippen LogP) is 0.603. The number of aliphatic carboxylic acids is 2. The Morgan fingerprint density at radius 3 is 2.31 bits per heavy atom. The molecule has 0 saturated heterocycles. The molecule has 11 heteroatoms. The van der Waals surface area contributed by atoms with Crippen molar-refractivity contribution in [3.05, 3.63) is 36.0 Å². The third kappa shape index (κ3) is 7.83. The van der Waals surface area contributed by atoms with Gasteiger partial charge in [0.25, 0.3) is 0 Å². The van der Waals surface area contributed by atoms with Crippen LogP contribution in [0.5, 0.6) is 0 Å². The molecule has 2 aliphatic carbocycles. The molecule has 39 heavy (non-hydrogen) atoms. The van der Waals surface area contributed by atoms with Gasteiger partial charge in [-0.3, -0.25) is 19.2 Å². The largest absolute Gasteiger partial charge is 1.00 e. The molecule has 3 aliphatic rings. The van der Waals surface area contributed by atoms with Crippen LogP contribution in [0.15, 0.2) is 36.0 Å². The van der Waals surface area contributed by atoms with Gasteiger partial charge in [-0.1, -0.05) is 38.2 Å². The van der Waals surface area contributed by atoms with Gasteiger partial charge >= 0.3 is 59.4 Å². The van der Waals surface area contributed by atoms with E-state index < -0.39 is 35.4 Å². The van der Waals surface area contributed by atoms with Crippen LogP contribution in [-0.4, -0.2) is 59.4 Å². The van der Waals surface area contributed by atoms with E-state index in [2.05, 4.69) is 13.5 Å². The van der Waals surface area contributed by atoms with Crippen molar-refractivity contribution in [3.63, 3.8) is 0 Å². The van der Waals surface area contributed by atoms with Gasteiger partial charge in [0.1, 0.15) is 19.3 Å². The Morgan fingerprint density at radius 2 is 1.72 bits per heavy atom. The number of cyclic esters (lactones) is 1. The van der Waals surface area contributed by atoms with Gasteiger partial charge < -0.3 is 24.4 Å². The summed E-state index contributed by atoms with van der Waals surface area (Å²) in [6, 6.07) is 0. The minimum atomic E-state index is -1.11. The number of carbonyl (C=O) groups excluding carboxylic acids is 3. The van der Waals surface area contributed by atoms with Crippen molar-refractivity contribution in [1.82, 2.24) is 0 Å². The zero-order valence-corrected chi connectivity index (χ0v) is 24.9. The smallest absolute Gasteiger partial charge is 0.481 e. The Hall–Kier alpha value is -2.43. The number of hydrogen-bond donors (Lipinski definition) is 2. The molecule has 2 saturated carbocycles. The number of esters is 3. The monoisotopic (exact) mass is 555 g/mol. The zero-order chi connectivity index (χ0) is 28.1. The van der Waals surface area contributed by atoms with Crippen molar-refractivity contribution < 1.29 is 78.0 Å². The first kappa shape index (κ1) is 32.8. The minimum Gasteiger partial charge on any atom is -0.481 e. The summed E-state index contributed by atoms with van der Waals surface area (Å²) >= 11 is 0. The summed E-state index contributed by atoms with van der Waals surface area (Å²) in [6.45, 7) is 8.49. The van der Waals surface area contributed by atoms with Gasteiger partial charge in [0, 0.05) is 11.3 Å². The molecule has 2 fully saturated rings. The molecule has 10 nitrogen and oxygen atoms in total. The maximum absolute atomic E-state index is 12.5. The summed E-state index contributed by atoms with van der Waals surface area (Å²) in [6.07, 6.45) is 6.10. The van der Waals surface area contributed by atoms with Crippen molar-refractivity contribution in [2.24, 2.45) is 22.7 Å². The van der Waals surface area contributed by atoms with Crippen molar-refractivity contribution in [2.75, 3.05) is 13.2 Å². The second kappa shape index (κ2) is 13.8. The molecule has 5 unspecified atom stereocenters. The Morgan fingerprint density at radius 1 is 1.08 bits per heavy atom. The topological polar surface area (TPSA) is 154 Å². The fourth-order valence-corrected chi connectivity index (χ4v) is 6.30. The number of rotatable bonds is 11. The second-order valence-corrected chi connectivity index (χ2v) is 10.8. The SMILES string of the molecule is C=C1CCC2C(C)(COC(=O)CCC(=O)O)C(OC(=O)CCC(=O)O)CCC2(C)C1/C=C/C1=CCOC1=O.[Na+]. The number of allylic oxidation sites excluding steroid dienone is 2. The van der Waals surface area contributed by atoms with Crippen LogP contribution in [0.1, 0.15) is 65.2 Å². The first-order valence-corrected chi connectivity index (χ1v) is 12.9. The quantitative estimate of drug-likeness (QED) is 0.160. The maximum atomic E-state index is 12.5. The molecule has 0 spiro atoms. The number of carboxylic acid groups (broad SMARTS) is 2. The molecular formula is C28H36NaO10+. The number of fused-ring (bicyclic) bond motifs is 1. The van der Waals surface area contributed by atoms with E-state index in [0.717, 1.165) is 5.57 Å². The molecule has 0 aromatic heterocycles. The molecule has 0 aromatic rings. The van der Waals surface area contributed by atoms with Crippen LogP contribution in [0.4, 0.5) is 0 Å². The molecule has 1 aliphatic heterocycles. The predicted molar refractivity (Wildman–Crippen MR) is 134 cm³/mol. The standard InChI is InChI=1S/C28H36O10.Na/c1-17-4-7-20-27(2,19(17)6-5-18-13-15-36-26(18)35)14-12-21(38-25(34)11-9-23(31)32)28(20,3)16-37-24(33)10-8-22(29)30;/h5-6,13,19-21H,1,4,7-12,14-16H2,2-3H3,(H,29,30)(H,31,32);/q;+1/b6-5+;. The molecule has 3 rings (SSSR count). The van der Waals surface area contributed by atoms with E-state index in [1.165, 1.54) is 0 Å². The van der Waals surface area contributed by atoms with E-state index in [0.29, 0.717) is 31.3 Å². The third-order valence-corrected chi connectivity index (χ3v) is 8.30. The molecule has 0 radical (unpaired) electrons. The van der Waals surface area contributed by atoms with Crippen LogP contribution in [-0.2, 0) is 38.2 Å². The fourth-order valence-electron chi connectivity index (χ4n) is 6.30. The van der Waals surface area contributed by atoms with Gasteiger partial charge in [-0.05, 0) is 43.1 Å². The molecule has 1 heterocycles. The van der Waals surface area contributed by atoms with Crippen LogP contribution in [0, 0.1) is 22.7 Å². The van der Waals surface area contributed by atoms with Crippen molar-refractivity contribution in [1.29, 1.82) is 0 Å². The summed E-state index contributed by atoms with van der Waals surface area (Å²) in [5, 5.41) is 17.8. The van der Waals surface area contributed by atoms with E-state index in [-0.39, 0.29) is 91.7 Å². The van der Waals surface area contributed by atoms with Crippen LogP contribution >= 0.6 is 0 Å². The second-order valence-electron chi connectivity index (χ2n) is 10.8. The van der Waals surface area contributed by atoms with Crippen molar-refractivity contribution in [3.8, 4) is 0 Å². The van der Waals surface area contributed by atoms with Crippen LogP contribution < -0.4 is 29.6 Å². The van der Waals surface area contributed by atoms with Gasteiger partial charge in [0.2, 0.25) is 0 Å². The Bertz CT molecular complexity index is 1060. The molecule has 0 amide bonds. The molecule has 5 atom stereocenters. The number of carboxylic acids is 2. The van der Waals surface area contributed by atoms with E-state index in [1.807, 2.05) is 13.0 Å². The average Bonchev–Trinajstić information content (AvgIpc) is 3.26. The molecular weight excluding hydrogens is 519 g/mol. The first-order chi connectivity index (χ1) is 17.9. The van der Waals surface area contributed by atoms with Crippen LogP contribution in [0.3, 0.4) is 0 Å². The van der Waals surface area contributed by atoms with Gasteiger partial charge in [0.05, 0.1) is 31.3 Å². The molecule has 0 bridgehead atoms. The minimum absolute atomic E-state index is 0. The fraction of sp³-hybridized carbons (Fsp3) is 0.607. The zero-order valence-electron chi connectivity index (χ0n) is 22.9. The molecule has 0 aromatic carbocycles. The van der Waals surface area contributed by atoms with Gasteiger partial charge in [-0.15, -0.1) is 0 Å². The van der Waals surface area contributed by atoms with Gasteiger partial charge in [-0.2, -0.15) is 0 Å². The van der Waals surface area contributed by atoms with Crippen molar-refractivity contribution in [2.45, 2.75) is 71.3 Å². The van der Waals surface area contributed by atoms with E-state index in [4.69, 9.17) is 24.4 Å². The van der Waals surface area contributed by atoms with Crippen LogP contribution in [0.2, 0.25) is 0 Å². The summed E-state index contributed by atoms with van der Waals surface area (Å²) in [7, 11) is 0. The normalized spacial score (nSPS) is 30.0. The number of carbonyl (C=O) groups is 5. The molecule has 2 N–H and O–H groups in total. The van der Waals surface area contributed by atoms with E-state index in [1.54, 1.807) is 12.2 Å². The first-order valence-electron chi connectivity index (χ1n) is 12.9. The van der Waals surface area contributed by atoms with E-state index in [9.17, 15) is 24.0 Å². The van der Waals surface area contributed by atoms with Gasteiger partial charge in [-0.25, -0.2) is 4.79 Å². The maximum Gasteiger partial charge on any atom is 1.00 e. The number of hydrogen-bond acceptors (Lipinski definition) is 8.